The molecule has 2 aromatic carbocycles. The summed E-state index contributed by atoms with van der Waals surface area (Å²) in [6, 6.07) is 19.5. The Kier molecular flexibility index (Phi) is 7.12. The largest absolute Gasteiger partial charge is 0.478 e. The summed E-state index contributed by atoms with van der Waals surface area (Å²) in [5, 5.41) is 0. The van der Waals surface area contributed by atoms with Crippen molar-refractivity contribution in [2.24, 2.45) is 0 Å². The number of pyridine rings is 1. The predicted molar refractivity (Wildman–Crippen MR) is 111 cm³/mol. The summed E-state index contributed by atoms with van der Waals surface area (Å²) in [5.41, 5.74) is 0.216. The summed E-state index contributed by atoms with van der Waals surface area (Å²) in [7, 11) is 0. The van der Waals surface area contributed by atoms with Crippen LogP contribution in [0.3, 0.4) is 0 Å². The van der Waals surface area contributed by atoms with Gasteiger partial charge in [-0.05, 0) is 55.7 Å². The van der Waals surface area contributed by atoms with Crippen LogP contribution in [0.1, 0.15) is 24.5 Å². The van der Waals surface area contributed by atoms with E-state index in [1.54, 1.807) is 6.92 Å². The summed E-state index contributed by atoms with van der Waals surface area (Å²) >= 11 is 0. The molecule has 0 atom stereocenters. The first-order chi connectivity index (χ1) is 14.5. The van der Waals surface area contributed by atoms with Gasteiger partial charge in [-0.2, -0.15) is 13.2 Å². The predicted octanol–water partition coefficient (Wildman–Crippen LogP) is 6.85. The Balaban J connectivity index is 1.70. The van der Waals surface area contributed by atoms with Crippen molar-refractivity contribution in [3.63, 3.8) is 0 Å². The summed E-state index contributed by atoms with van der Waals surface area (Å²) in [6.07, 6.45) is -1.37. The number of nitrogens with zero attached hydrogens (tertiary/aromatic N) is 1. The topological polar surface area (TPSA) is 31.4 Å². The third kappa shape index (κ3) is 6.11. The van der Waals surface area contributed by atoms with Gasteiger partial charge in [0.2, 0.25) is 5.88 Å². The number of aryl methyl sites for hydroxylation is 1. The highest BCUT2D eigenvalue weighted by molar-refractivity contribution is 5.69. The zero-order valence-corrected chi connectivity index (χ0v) is 16.5. The molecule has 0 fully saturated rings. The summed E-state index contributed by atoms with van der Waals surface area (Å²) < 4.78 is 51.6. The van der Waals surface area contributed by atoms with E-state index in [4.69, 9.17) is 9.47 Å². The third-order valence-electron chi connectivity index (χ3n) is 4.30. The van der Waals surface area contributed by atoms with Crippen LogP contribution in [0.4, 0.5) is 13.2 Å². The molecule has 1 aromatic heterocycles. The molecule has 3 rings (SSSR count). The number of alkyl halides is 3. The van der Waals surface area contributed by atoms with Crippen LogP contribution in [0.2, 0.25) is 0 Å². The van der Waals surface area contributed by atoms with Crippen molar-refractivity contribution in [3.05, 3.63) is 90.1 Å². The maximum absolute atomic E-state index is 13.5. The molecule has 0 unspecified atom stereocenters. The van der Waals surface area contributed by atoms with E-state index in [0.29, 0.717) is 30.4 Å². The van der Waals surface area contributed by atoms with Crippen molar-refractivity contribution < 1.29 is 22.6 Å². The normalized spacial score (nSPS) is 11.9. The SMILES string of the molecule is CCOc1ccc(C(=CCCc2cccc(Oc3ccccc3)c2)C(F)(F)F)cn1. The third-order valence-corrected chi connectivity index (χ3v) is 4.30. The highest BCUT2D eigenvalue weighted by atomic mass is 19.4. The molecule has 0 N–H and O–H groups in total. The van der Waals surface area contributed by atoms with Crippen LogP contribution in [-0.2, 0) is 6.42 Å². The van der Waals surface area contributed by atoms with Crippen molar-refractivity contribution in [1.82, 2.24) is 4.98 Å². The van der Waals surface area contributed by atoms with Crippen LogP contribution in [0.25, 0.3) is 5.57 Å². The van der Waals surface area contributed by atoms with E-state index in [9.17, 15) is 13.2 Å². The fraction of sp³-hybridized carbons (Fsp3) is 0.208. The van der Waals surface area contributed by atoms with Gasteiger partial charge >= 0.3 is 6.18 Å². The van der Waals surface area contributed by atoms with Crippen LogP contribution in [0.5, 0.6) is 17.4 Å². The Morgan fingerprint density at radius 2 is 1.73 bits per heavy atom. The average molecular weight is 413 g/mol. The second-order valence-electron chi connectivity index (χ2n) is 6.53. The molecule has 156 valence electrons. The van der Waals surface area contributed by atoms with Gasteiger partial charge < -0.3 is 9.47 Å². The lowest BCUT2D eigenvalue weighted by Gasteiger charge is -2.13. The minimum Gasteiger partial charge on any atom is -0.478 e. The zero-order chi connectivity index (χ0) is 21.4. The lowest BCUT2D eigenvalue weighted by molar-refractivity contribution is -0.0691. The van der Waals surface area contributed by atoms with Gasteiger partial charge in [0, 0.05) is 17.8 Å². The lowest BCUT2D eigenvalue weighted by Crippen LogP contribution is -2.11. The van der Waals surface area contributed by atoms with Crippen molar-refractivity contribution in [2.45, 2.75) is 25.9 Å². The number of hydrogen-bond acceptors (Lipinski definition) is 3. The van der Waals surface area contributed by atoms with E-state index in [0.717, 1.165) is 5.56 Å². The molecule has 0 aliphatic heterocycles. The number of halogens is 3. The van der Waals surface area contributed by atoms with Crippen molar-refractivity contribution >= 4 is 5.57 Å². The standard InChI is InChI=1S/C24H22F3NO2/c1-2-29-23-15-14-19(17-28-23)22(24(25,26)27)13-7-9-18-8-6-12-21(16-18)30-20-10-4-3-5-11-20/h3-6,8,10-17H,2,7,9H2,1H3. The molecule has 0 bridgehead atoms. The van der Waals surface area contributed by atoms with Gasteiger partial charge in [-0.3, -0.25) is 0 Å². The number of para-hydroxylation sites is 1. The highest BCUT2D eigenvalue weighted by Crippen LogP contribution is 2.34. The molecular weight excluding hydrogens is 391 g/mol. The van der Waals surface area contributed by atoms with Gasteiger partial charge in [0.05, 0.1) is 12.2 Å². The average Bonchev–Trinajstić information content (AvgIpc) is 2.72. The summed E-state index contributed by atoms with van der Waals surface area (Å²) in [6.45, 7) is 2.19. The van der Waals surface area contributed by atoms with Crippen LogP contribution in [0, 0.1) is 0 Å². The summed E-state index contributed by atoms with van der Waals surface area (Å²) in [5.74, 6) is 1.66. The highest BCUT2D eigenvalue weighted by Gasteiger charge is 2.34. The van der Waals surface area contributed by atoms with Crippen molar-refractivity contribution in [3.8, 4) is 17.4 Å². The van der Waals surface area contributed by atoms with Gasteiger partial charge in [0.1, 0.15) is 11.5 Å². The van der Waals surface area contributed by atoms with Crippen LogP contribution < -0.4 is 9.47 Å². The molecule has 0 aliphatic carbocycles. The van der Waals surface area contributed by atoms with Crippen molar-refractivity contribution in [1.29, 1.82) is 0 Å². The molecule has 0 saturated carbocycles. The molecule has 0 spiro atoms. The van der Waals surface area contributed by atoms with Gasteiger partial charge in [0.25, 0.3) is 0 Å². The maximum Gasteiger partial charge on any atom is 0.416 e. The molecule has 3 aromatic rings. The Labute approximate surface area is 173 Å². The monoisotopic (exact) mass is 413 g/mol. The molecule has 0 radical (unpaired) electrons. The second kappa shape index (κ2) is 9.96. The van der Waals surface area contributed by atoms with E-state index in [1.807, 2.05) is 54.6 Å². The molecule has 6 heteroatoms. The molecular formula is C24H22F3NO2. The van der Waals surface area contributed by atoms with E-state index in [1.165, 1.54) is 24.4 Å². The van der Waals surface area contributed by atoms with Gasteiger partial charge in [-0.25, -0.2) is 4.98 Å². The molecule has 3 nitrogen and oxygen atoms in total. The molecule has 0 saturated heterocycles. The van der Waals surface area contributed by atoms with Gasteiger partial charge in [-0.15, -0.1) is 0 Å². The first-order valence-electron chi connectivity index (χ1n) is 9.64. The first kappa shape index (κ1) is 21.4. The smallest absolute Gasteiger partial charge is 0.416 e. The zero-order valence-electron chi connectivity index (χ0n) is 16.5. The second-order valence-corrected chi connectivity index (χ2v) is 6.53. The van der Waals surface area contributed by atoms with Gasteiger partial charge in [-0.1, -0.05) is 36.4 Å². The van der Waals surface area contributed by atoms with E-state index in [2.05, 4.69) is 4.98 Å². The number of aromatic nitrogens is 1. The van der Waals surface area contributed by atoms with Crippen LogP contribution >= 0.6 is 0 Å². The van der Waals surface area contributed by atoms with E-state index < -0.39 is 11.7 Å². The van der Waals surface area contributed by atoms with E-state index >= 15 is 0 Å². The Morgan fingerprint density at radius 3 is 2.40 bits per heavy atom. The number of hydrogen-bond donors (Lipinski definition) is 0. The molecule has 0 amide bonds. The van der Waals surface area contributed by atoms with E-state index in [-0.39, 0.29) is 12.0 Å². The van der Waals surface area contributed by atoms with Crippen molar-refractivity contribution in [2.75, 3.05) is 6.61 Å². The fourth-order valence-corrected chi connectivity index (χ4v) is 2.94. The fourth-order valence-electron chi connectivity index (χ4n) is 2.94. The Bertz CT molecular complexity index is 968. The minimum absolute atomic E-state index is 0.0205. The quantitative estimate of drug-likeness (QED) is 0.405. The van der Waals surface area contributed by atoms with Crippen LogP contribution in [0.15, 0.2) is 79.0 Å². The Morgan fingerprint density at radius 1 is 0.967 bits per heavy atom. The Hall–Kier alpha value is -3.28. The lowest BCUT2D eigenvalue weighted by atomic mass is 10.0. The first-order valence-corrected chi connectivity index (χ1v) is 9.64. The molecule has 30 heavy (non-hydrogen) atoms. The maximum atomic E-state index is 13.5. The number of benzene rings is 2. The number of allylic oxidation sites excluding steroid dienone is 2. The number of rotatable bonds is 8. The molecule has 0 aliphatic rings. The number of ether oxygens (including phenoxy) is 2. The van der Waals surface area contributed by atoms with Crippen LogP contribution in [-0.4, -0.2) is 17.8 Å². The van der Waals surface area contributed by atoms with Gasteiger partial charge in [0.15, 0.2) is 0 Å². The molecule has 1 heterocycles. The minimum atomic E-state index is -4.47. The summed E-state index contributed by atoms with van der Waals surface area (Å²) in [4.78, 5) is 3.94.